The topological polar surface area (TPSA) is 72.9 Å². The smallest absolute Gasteiger partial charge is 0.328 e. The fraction of sp³-hybridized carbons (Fsp3) is 0.190. The summed E-state index contributed by atoms with van der Waals surface area (Å²) in [5.41, 5.74) is 1.66. The molecule has 2 aromatic carbocycles. The lowest BCUT2D eigenvalue weighted by Gasteiger charge is -2.18. The molecule has 0 radical (unpaired) electrons. The van der Waals surface area contributed by atoms with E-state index < -0.39 is 23.2 Å². The Bertz CT molecular complexity index is 1020. The third kappa shape index (κ3) is 5.25. The van der Waals surface area contributed by atoms with Crippen LogP contribution in [-0.2, 0) is 20.9 Å². The van der Waals surface area contributed by atoms with Gasteiger partial charge in [-0.25, -0.2) is 4.79 Å². The van der Waals surface area contributed by atoms with Crippen LogP contribution in [0.1, 0.15) is 18.1 Å². The van der Waals surface area contributed by atoms with Crippen LogP contribution in [0.5, 0.6) is 5.75 Å². The normalized spacial score (nSPS) is 16.1. The van der Waals surface area contributed by atoms with Crippen LogP contribution in [-0.4, -0.2) is 35.2 Å². The van der Waals surface area contributed by atoms with Gasteiger partial charge in [0.2, 0.25) is 0 Å². The molecule has 3 rings (SSSR count). The first-order chi connectivity index (χ1) is 14.3. The molecule has 0 spiro atoms. The summed E-state index contributed by atoms with van der Waals surface area (Å²) in [6.45, 7) is 1.82. The van der Waals surface area contributed by atoms with E-state index >= 15 is 0 Å². The van der Waals surface area contributed by atoms with Gasteiger partial charge in [0, 0.05) is 13.6 Å². The Kier molecular flexibility index (Phi) is 7.59. The van der Waals surface area contributed by atoms with E-state index in [2.05, 4.69) is 43.3 Å². The van der Waals surface area contributed by atoms with Gasteiger partial charge >= 0.3 is 5.97 Å². The molecule has 1 aliphatic rings. The maximum atomic E-state index is 12.7. The summed E-state index contributed by atoms with van der Waals surface area (Å²) in [6.07, 6.45) is 1.60. The van der Waals surface area contributed by atoms with Crippen molar-refractivity contribution in [2.24, 2.45) is 0 Å². The standard InChI is InChI=1S/C21H17BrINO5S/c1-12(20(26)28-2)24-19(25)18(30-21(24)27)10-14-9-15(22)5-8-17(14)29-11-13-3-6-16(23)7-4-13/h3-10,12H,11H2,1-2H3/b18-10+/t12-/m0/s1. The van der Waals surface area contributed by atoms with Crippen molar-refractivity contribution in [2.45, 2.75) is 19.6 Å². The van der Waals surface area contributed by atoms with Crippen LogP contribution in [0.3, 0.4) is 0 Å². The van der Waals surface area contributed by atoms with Gasteiger partial charge in [-0.3, -0.25) is 14.5 Å². The number of hydrogen-bond donors (Lipinski definition) is 0. The predicted octanol–water partition coefficient (Wildman–Crippen LogP) is 5.23. The maximum Gasteiger partial charge on any atom is 0.328 e. The number of carbonyl (C=O) groups excluding carboxylic acids is 3. The highest BCUT2D eigenvalue weighted by Crippen LogP contribution is 2.36. The zero-order valence-electron chi connectivity index (χ0n) is 16.1. The monoisotopic (exact) mass is 601 g/mol. The Labute approximate surface area is 200 Å². The van der Waals surface area contributed by atoms with E-state index in [4.69, 9.17) is 4.74 Å². The highest BCUT2D eigenvalue weighted by atomic mass is 127. The summed E-state index contributed by atoms with van der Waals surface area (Å²) in [7, 11) is 1.21. The van der Waals surface area contributed by atoms with Gasteiger partial charge in [0.25, 0.3) is 11.1 Å². The molecule has 1 fully saturated rings. The van der Waals surface area contributed by atoms with E-state index in [9.17, 15) is 14.4 Å². The molecule has 1 atom stereocenters. The summed E-state index contributed by atoms with van der Waals surface area (Å²) < 4.78 is 12.5. The van der Waals surface area contributed by atoms with Gasteiger partial charge in [-0.05, 0) is 83.2 Å². The number of halogens is 2. The Morgan fingerprint density at radius 1 is 1.23 bits per heavy atom. The molecular weight excluding hydrogens is 585 g/mol. The Hall–Kier alpha value is -1.85. The van der Waals surface area contributed by atoms with Crippen LogP contribution in [0, 0.1) is 3.57 Å². The van der Waals surface area contributed by atoms with Crippen molar-refractivity contribution in [3.63, 3.8) is 0 Å². The SMILES string of the molecule is COC(=O)[C@H](C)N1C(=O)S/C(=C/c2cc(Br)ccc2OCc2ccc(I)cc2)C1=O. The minimum absolute atomic E-state index is 0.216. The predicted molar refractivity (Wildman–Crippen MR) is 127 cm³/mol. The average molecular weight is 602 g/mol. The van der Waals surface area contributed by atoms with Crippen molar-refractivity contribution in [2.75, 3.05) is 7.11 Å². The van der Waals surface area contributed by atoms with Crippen LogP contribution in [0.4, 0.5) is 4.79 Å². The van der Waals surface area contributed by atoms with Crippen molar-refractivity contribution >= 4 is 73.5 Å². The first-order valence-electron chi connectivity index (χ1n) is 8.82. The number of ether oxygens (including phenoxy) is 2. The van der Waals surface area contributed by atoms with Gasteiger partial charge in [-0.1, -0.05) is 28.1 Å². The van der Waals surface area contributed by atoms with E-state index in [1.54, 1.807) is 18.2 Å². The quantitative estimate of drug-likeness (QED) is 0.256. The number of thioether (sulfide) groups is 1. The van der Waals surface area contributed by atoms with Crippen LogP contribution in [0.2, 0.25) is 0 Å². The minimum Gasteiger partial charge on any atom is -0.488 e. The number of rotatable bonds is 6. The number of carbonyl (C=O) groups is 3. The molecule has 1 heterocycles. The van der Waals surface area contributed by atoms with Gasteiger partial charge < -0.3 is 9.47 Å². The van der Waals surface area contributed by atoms with Crippen molar-refractivity contribution in [1.82, 2.24) is 4.90 Å². The molecule has 0 aromatic heterocycles. The van der Waals surface area contributed by atoms with E-state index in [1.165, 1.54) is 14.0 Å². The number of methoxy groups -OCH3 is 1. The zero-order chi connectivity index (χ0) is 21.8. The van der Waals surface area contributed by atoms with Crippen LogP contribution >= 0.6 is 50.3 Å². The van der Waals surface area contributed by atoms with E-state index in [-0.39, 0.29) is 4.91 Å². The molecule has 9 heteroatoms. The molecule has 0 N–H and O–H groups in total. The van der Waals surface area contributed by atoms with Gasteiger partial charge in [0.05, 0.1) is 12.0 Å². The second-order valence-electron chi connectivity index (χ2n) is 6.35. The van der Waals surface area contributed by atoms with Crippen molar-refractivity contribution in [1.29, 1.82) is 0 Å². The fourth-order valence-electron chi connectivity index (χ4n) is 2.74. The van der Waals surface area contributed by atoms with Gasteiger partial charge in [0.15, 0.2) is 0 Å². The Balaban J connectivity index is 1.85. The summed E-state index contributed by atoms with van der Waals surface area (Å²) in [5, 5.41) is -0.513. The third-order valence-electron chi connectivity index (χ3n) is 4.32. The molecule has 2 aromatic rings. The van der Waals surface area contributed by atoms with E-state index in [0.29, 0.717) is 17.9 Å². The summed E-state index contributed by atoms with van der Waals surface area (Å²) in [6, 6.07) is 12.4. The number of nitrogens with zero attached hydrogens (tertiary/aromatic N) is 1. The lowest BCUT2D eigenvalue weighted by atomic mass is 10.1. The van der Waals surface area contributed by atoms with Gasteiger partial charge in [0.1, 0.15) is 18.4 Å². The third-order valence-corrected chi connectivity index (χ3v) is 6.42. The molecule has 1 saturated heterocycles. The minimum atomic E-state index is -0.993. The number of amides is 2. The van der Waals surface area contributed by atoms with Crippen molar-refractivity contribution < 1.29 is 23.9 Å². The molecule has 2 amide bonds. The Morgan fingerprint density at radius 3 is 2.60 bits per heavy atom. The molecule has 30 heavy (non-hydrogen) atoms. The molecule has 6 nitrogen and oxygen atoms in total. The van der Waals surface area contributed by atoms with Crippen molar-refractivity contribution in [3.05, 3.63) is 66.5 Å². The van der Waals surface area contributed by atoms with Crippen LogP contribution < -0.4 is 4.74 Å². The lowest BCUT2D eigenvalue weighted by Crippen LogP contribution is -2.42. The van der Waals surface area contributed by atoms with Crippen LogP contribution in [0.25, 0.3) is 6.08 Å². The maximum absolute atomic E-state index is 12.7. The zero-order valence-corrected chi connectivity index (χ0v) is 20.6. The Morgan fingerprint density at radius 2 is 1.93 bits per heavy atom. The van der Waals surface area contributed by atoms with Crippen molar-refractivity contribution in [3.8, 4) is 5.75 Å². The molecule has 0 saturated carbocycles. The number of imide groups is 1. The molecule has 0 aliphatic carbocycles. The summed E-state index contributed by atoms with van der Waals surface area (Å²) >= 11 is 6.45. The first-order valence-corrected chi connectivity index (χ1v) is 11.5. The molecular formula is C21H17BrINO5S. The molecule has 0 unspecified atom stereocenters. The van der Waals surface area contributed by atoms with Crippen LogP contribution in [0.15, 0.2) is 51.8 Å². The molecule has 1 aliphatic heterocycles. The van der Waals surface area contributed by atoms with Gasteiger partial charge in [-0.2, -0.15) is 0 Å². The second kappa shape index (κ2) is 9.97. The number of benzene rings is 2. The highest BCUT2D eigenvalue weighted by Gasteiger charge is 2.41. The van der Waals surface area contributed by atoms with E-state index in [0.717, 1.165) is 30.3 Å². The van der Waals surface area contributed by atoms with E-state index in [1.807, 2.05) is 30.3 Å². The number of hydrogen-bond acceptors (Lipinski definition) is 6. The average Bonchev–Trinajstić information content (AvgIpc) is 3.00. The fourth-order valence-corrected chi connectivity index (χ4v) is 4.37. The lowest BCUT2D eigenvalue weighted by molar-refractivity contribution is -0.148. The summed E-state index contributed by atoms with van der Waals surface area (Å²) in [5.74, 6) is -0.612. The first kappa shape index (κ1) is 22.8. The highest BCUT2D eigenvalue weighted by molar-refractivity contribution is 14.1. The molecule has 0 bridgehead atoms. The largest absolute Gasteiger partial charge is 0.488 e. The van der Waals surface area contributed by atoms with Gasteiger partial charge in [-0.15, -0.1) is 0 Å². The number of esters is 1. The summed E-state index contributed by atoms with van der Waals surface area (Å²) in [4.78, 5) is 38.0. The second-order valence-corrected chi connectivity index (χ2v) is 9.50. The molecule has 156 valence electrons.